The van der Waals surface area contributed by atoms with Gasteiger partial charge in [0.15, 0.2) is 0 Å². The summed E-state index contributed by atoms with van der Waals surface area (Å²) < 4.78 is 22.3. The Morgan fingerprint density at radius 2 is 2.07 bits per heavy atom. The maximum Gasteiger partial charge on any atom is 0.132 e. The monoisotopic (exact) mass is 404 g/mol. The Morgan fingerprint density at radius 3 is 2.87 bits per heavy atom. The van der Waals surface area contributed by atoms with E-state index in [1.165, 1.54) is 17.0 Å². The minimum Gasteiger partial charge on any atom is -0.497 e. The molecular weight excluding hydrogens is 379 g/mol. The Kier molecular flexibility index (Phi) is 5.01. The quantitative estimate of drug-likeness (QED) is 0.513. The largest absolute Gasteiger partial charge is 0.497 e. The number of benzene rings is 2. The Bertz CT molecular complexity index is 1150. The molecule has 154 valence electrons. The molecule has 0 saturated heterocycles. The third kappa shape index (κ3) is 3.37. The van der Waals surface area contributed by atoms with Crippen molar-refractivity contribution in [1.82, 2.24) is 19.7 Å². The fraction of sp³-hybridized carbons (Fsp3) is 0.292. The van der Waals surface area contributed by atoms with Crippen LogP contribution in [-0.4, -0.2) is 39.9 Å². The smallest absolute Gasteiger partial charge is 0.132 e. The molecule has 1 aliphatic heterocycles. The number of nitrogens with zero attached hydrogens (tertiary/aromatic N) is 3. The molecule has 0 saturated carbocycles. The van der Waals surface area contributed by atoms with Crippen LogP contribution in [0.25, 0.3) is 10.9 Å². The second kappa shape index (κ2) is 7.95. The van der Waals surface area contributed by atoms with E-state index in [1.54, 1.807) is 13.3 Å². The van der Waals surface area contributed by atoms with E-state index in [0.717, 1.165) is 43.7 Å². The van der Waals surface area contributed by atoms with Gasteiger partial charge < -0.3 is 9.72 Å². The number of hydrogen-bond donors (Lipinski definition) is 1. The molecule has 5 nitrogen and oxygen atoms in total. The molecule has 1 N–H and O–H groups in total. The summed E-state index contributed by atoms with van der Waals surface area (Å²) in [6.45, 7) is 2.61. The van der Waals surface area contributed by atoms with E-state index in [-0.39, 0.29) is 11.9 Å². The summed E-state index contributed by atoms with van der Waals surface area (Å²) in [7, 11) is 1.56. The van der Waals surface area contributed by atoms with Crippen LogP contribution in [0.1, 0.15) is 29.3 Å². The Hall–Kier alpha value is -3.12. The summed E-state index contributed by atoms with van der Waals surface area (Å²) in [6, 6.07) is 15.3. The second-order valence-corrected chi connectivity index (χ2v) is 7.76. The topological polar surface area (TPSA) is 46.1 Å². The first-order valence-corrected chi connectivity index (χ1v) is 10.4. The lowest BCUT2D eigenvalue weighted by atomic mass is 9.92. The maximum absolute atomic E-state index is 15.2. The van der Waals surface area contributed by atoms with Gasteiger partial charge in [0.25, 0.3) is 0 Å². The molecule has 6 heteroatoms. The second-order valence-electron chi connectivity index (χ2n) is 7.76. The van der Waals surface area contributed by atoms with Gasteiger partial charge in [-0.3, -0.25) is 9.58 Å². The standard InChI is InChI=1S/C24H25FN4O/c1-30-17-8-9-20(21(25)16-17)24-23-19(18-6-2-3-7-22(18)27-23)10-15-28(24)12-5-14-29-13-4-11-26-29/h2-4,6-9,11,13,16,24,27H,5,10,12,14-15H2,1H3/t24-/m0/s1. The average Bonchev–Trinajstić information content (AvgIpc) is 3.41. The average molecular weight is 404 g/mol. The van der Waals surface area contributed by atoms with Gasteiger partial charge >= 0.3 is 0 Å². The van der Waals surface area contributed by atoms with Crippen molar-refractivity contribution in [2.24, 2.45) is 0 Å². The number of halogens is 1. The maximum atomic E-state index is 15.2. The molecule has 5 rings (SSSR count). The van der Waals surface area contributed by atoms with Gasteiger partial charge in [-0.1, -0.05) is 24.3 Å². The fourth-order valence-electron chi connectivity index (χ4n) is 4.61. The van der Waals surface area contributed by atoms with Gasteiger partial charge in [0.1, 0.15) is 11.6 Å². The number of aromatic nitrogens is 3. The van der Waals surface area contributed by atoms with Gasteiger partial charge in [0.2, 0.25) is 0 Å². The Labute approximate surface area is 175 Å². The van der Waals surface area contributed by atoms with Gasteiger partial charge in [-0.25, -0.2) is 4.39 Å². The van der Waals surface area contributed by atoms with E-state index in [2.05, 4.69) is 33.2 Å². The van der Waals surface area contributed by atoms with Crippen LogP contribution in [0, 0.1) is 5.82 Å². The van der Waals surface area contributed by atoms with Crippen molar-refractivity contribution in [3.63, 3.8) is 0 Å². The van der Waals surface area contributed by atoms with Crippen molar-refractivity contribution >= 4 is 10.9 Å². The molecule has 30 heavy (non-hydrogen) atoms. The lowest BCUT2D eigenvalue weighted by Crippen LogP contribution is -2.37. The van der Waals surface area contributed by atoms with E-state index in [9.17, 15) is 0 Å². The summed E-state index contributed by atoms with van der Waals surface area (Å²) >= 11 is 0. The predicted molar refractivity (Wildman–Crippen MR) is 115 cm³/mol. The number of nitrogens with one attached hydrogen (secondary N) is 1. The fourth-order valence-corrected chi connectivity index (χ4v) is 4.61. The molecule has 0 amide bonds. The van der Waals surface area contributed by atoms with E-state index in [4.69, 9.17) is 4.74 Å². The molecule has 2 aromatic carbocycles. The van der Waals surface area contributed by atoms with Crippen LogP contribution < -0.4 is 4.74 Å². The van der Waals surface area contributed by atoms with E-state index in [1.807, 2.05) is 35.1 Å². The highest BCUT2D eigenvalue weighted by molar-refractivity contribution is 5.85. The highest BCUT2D eigenvalue weighted by Gasteiger charge is 2.33. The van der Waals surface area contributed by atoms with Crippen molar-refractivity contribution in [3.05, 3.63) is 83.6 Å². The number of aromatic amines is 1. The number of rotatable bonds is 6. The van der Waals surface area contributed by atoms with Gasteiger partial charge in [-0.15, -0.1) is 0 Å². The summed E-state index contributed by atoms with van der Waals surface area (Å²) in [4.78, 5) is 5.98. The van der Waals surface area contributed by atoms with Gasteiger partial charge in [0, 0.05) is 60.3 Å². The van der Waals surface area contributed by atoms with Crippen LogP contribution in [0.5, 0.6) is 5.75 Å². The van der Waals surface area contributed by atoms with Crippen molar-refractivity contribution < 1.29 is 9.13 Å². The summed E-state index contributed by atoms with van der Waals surface area (Å²) in [6.07, 6.45) is 5.68. The number of aryl methyl sites for hydroxylation is 1. The first kappa shape index (κ1) is 18.9. The van der Waals surface area contributed by atoms with Crippen LogP contribution in [-0.2, 0) is 13.0 Å². The molecule has 1 aliphatic rings. The molecule has 4 aromatic rings. The molecule has 1 atom stereocenters. The SMILES string of the molecule is COc1ccc([C@H]2c3[nH]c4ccccc4c3CCN2CCCn2cccn2)c(F)c1. The Morgan fingerprint density at radius 1 is 1.17 bits per heavy atom. The minimum atomic E-state index is -0.233. The van der Waals surface area contributed by atoms with E-state index in [0.29, 0.717) is 11.3 Å². The number of H-pyrrole nitrogens is 1. The zero-order valence-electron chi connectivity index (χ0n) is 17.0. The lowest BCUT2D eigenvalue weighted by molar-refractivity contribution is 0.200. The van der Waals surface area contributed by atoms with Crippen LogP contribution in [0.15, 0.2) is 60.9 Å². The van der Waals surface area contributed by atoms with E-state index < -0.39 is 0 Å². The molecular formula is C24H25FN4O. The number of ether oxygens (including phenoxy) is 1. The van der Waals surface area contributed by atoms with Crippen LogP contribution in [0.2, 0.25) is 0 Å². The first-order chi connectivity index (χ1) is 14.7. The van der Waals surface area contributed by atoms with Crippen molar-refractivity contribution in [3.8, 4) is 5.75 Å². The van der Waals surface area contributed by atoms with Crippen LogP contribution in [0.4, 0.5) is 4.39 Å². The number of methoxy groups -OCH3 is 1. The molecule has 3 heterocycles. The third-order valence-corrected chi connectivity index (χ3v) is 6.03. The lowest BCUT2D eigenvalue weighted by Gasteiger charge is -2.36. The summed E-state index contributed by atoms with van der Waals surface area (Å²) in [5, 5.41) is 5.53. The predicted octanol–water partition coefficient (Wildman–Crippen LogP) is 4.55. The van der Waals surface area contributed by atoms with Crippen molar-refractivity contribution in [2.75, 3.05) is 20.2 Å². The number of fused-ring (bicyclic) bond motifs is 3. The first-order valence-electron chi connectivity index (χ1n) is 10.4. The molecule has 0 spiro atoms. The highest BCUT2D eigenvalue weighted by atomic mass is 19.1. The van der Waals surface area contributed by atoms with Gasteiger partial charge in [-0.2, -0.15) is 5.10 Å². The summed E-state index contributed by atoms with van der Waals surface area (Å²) in [5.41, 5.74) is 4.20. The van der Waals surface area contributed by atoms with Crippen LogP contribution in [0.3, 0.4) is 0 Å². The van der Waals surface area contributed by atoms with Crippen LogP contribution >= 0.6 is 0 Å². The zero-order valence-corrected chi connectivity index (χ0v) is 17.0. The Balaban J connectivity index is 1.52. The molecule has 0 fully saturated rings. The van der Waals surface area contributed by atoms with E-state index >= 15 is 4.39 Å². The third-order valence-electron chi connectivity index (χ3n) is 6.03. The minimum absolute atomic E-state index is 0.148. The molecule has 2 aromatic heterocycles. The number of hydrogen-bond acceptors (Lipinski definition) is 3. The van der Waals surface area contributed by atoms with Gasteiger partial charge in [-0.05, 0) is 36.6 Å². The molecule has 0 bridgehead atoms. The molecule has 0 aliphatic carbocycles. The molecule has 0 radical (unpaired) electrons. The number of para-hydroxylation sites is 1. The highest BCUT2D eigenvalue weighted by Crippen LogP contribution is 2.39. The molecule has 0 unspecified atom stereocenters. The normalized spacial score (nSPS) is 16.7. The summed E-state index contributed by atoms with van der Waals surface area (Å²) in [5.74, 6) is 0.303. The van der Waals surface area contributed by atoms with Gasteiger partial charge in [0.05, 0.1) is 13.2 Å². The van der Waals surface area contributed by atoms with Crippen molar-refractivity contribution in [2.45, 2.75) is 25.4 Å². The van der Waals surface area contributed by atoms with Crippen molar-refractivity contribution in [1.29, 1.82) is 0 Å². The zero-order chi connectivity index (χ0) is 20.5.